The predicted molar refractivity (Wildman–Crippen MR) is 73.2 cm³/mol. The Morgan fingerprint density at radius 2 is 2.05 bits per heavy atom. The van der Waals surface area contributed by atoms with Crippen molar-refractivity contribution in [2.75, 3.05) is 0 Å². The first-order valence-corrected chi connectivity index (χ1v) is 6.59. The van der Waals surface area contributed by atoms with E-state index in [0.29, 0.717) is 13.0 Å². The number of allylic oxidation sites excluding steroid dienone is 2. The molecule has 2 aliphatic carbocycles. The summed E-state index contributed by atoms with van der Waals surface area (Å²) in [6.45, 7) is 0.368. The van der Waals surface area contributed by atoms with Crippen molar-refractivity contribution in [3.8, 4) is 0 Å². The summed E-state index contributed by atoms with van der Waals surface area (Å²) in [6, 6.07) is 9.79. The zero-order valence-electron chi connectivity index (χ0n) is 10.8. The van der Waals surface area contributed by atoms with E-state index >= 15 is 0 Å². The minimum atomic E-state index is -1.17. The Hall–Kier alpha value is -1.71. The van der Waals surface area contributed by atoms with Crippen molar-refractivity contribution in [3.05, 3.63) is 59.2 Å². The van der Waals surface area contributed by atoms with Gasteiger partial charge in [-0.3, -0.25) is 10.5 Å². The number of carbonyl (C=O) groups excluding carboxylic acids is 1. The van der Waals surface area contributed by atoms with Gasteiger partial charge in [0.1, 0.15) is 0 Å². The zero-order valence-corrected chi connectivity index (χ0v) is 10.8. The molecule has 2 N–H and O–H groups in total. The molecule has 3 heteroatoms. The van der Waals surface area contributed by atoms with E-state index < -0.39 is 5.72 Å². The van der Waals surface area contributed by atoms with Crippen molar-refractivity contribution in [3.63, 3.8) is 0 Å². The molecule has 3 rings (SSSR count). The molecule has 1 aromatic rings. The Balaban J connectivity index is 1.72. The van der Waals surface area contributed by atoms with Gasteiger partial charge in [0, 0.05) is 12.0 Å². The minimum absolute atomic E-state index is 0.0746. The number of nitrogens with two attached hydrogens (primary N) is 1. The third-order valence-corrected chi connectivity index (χ3v) is 3.72. The molecule has 0 heterocycles. The van der Waals surface area contributed by atoms with E-state index in [1.165, 1.54) is 0 Å². The van der Waals surface area contributed by atoms with Crippen LogP contribution in [0.25, 0.3) is 0 Å². The average Bonchev–Trinajstić information content (AvgIpc) is 2.71. The first kappa shape index (κ1) is 12.3. The molecule has 1 unspecified atom stereocenters. The molecule has 3 nitrogen and oxygen atoms in total. The Kier molecular flexibility index (Phi) is 3.09. The van der Waals surface area contributed by atoms with Crippen LogP contribution in [-0.2, 0) is 16.1 Å². The molecule has 0 saturated heterocycles. The van der Waals surface area contributed by atoms with Gasteiger partial charge in [0.15, 0.2) is 5.72 Å². The lowest BCUT2D eigenvalue weighted by atomic mass is 10.0. The number of hydrogen-bond donors (Lipinski definition) is 1. The number of carbonyl (C=O) groups is 1. The summed E-state index contributed by atoms with van der Waals surface area (Å²) < 4.78 is 5.73. The smallest absolute Gasteiger partial charge is 0.209 e. The maximum Gasteiger partial charge on any atom is 0.209 e. The van der Waals surface area contributed by atoms with Crippen LogP contribution in [0.5, 0.6) is 0 Å². The molecular weight excluding hydrogens is 238 g/mol. The van der Waals surface area contributed by atoms with Crippen molar-refractivity contribution in [1.29, 1.82) is 0 Å². The molecule has 0 fully saturated rings. The lowest BCUT2D eigenvalue weighted by Crippen LogP contribution is -2.47. The van der Waals surface area contributed by atoms with E-state index in [1.807, 2.05) is 42.5 Å². The molecule has 0 spiro atoms. The predicted octanol–water partition coefficient (Wildman–Crippen LogP) is 2.48. The Morgan fingerprint density at radius 1 is 1.26 bits per heavy atom. The molecule has 19 heavy (non-hydrogen) atoms. The second kappa shape index (κ2) is 4.76. The highest BCUT2D eigenvalue weighted by Crippen LogP contribution is 2.37. The normalized spacial score (nSPS) is 25.8. The summed E-state index contributed by atoms with van der Waals surface area (Å²) in [4.78, 5) is 12.3. The quantitative estimate of drug-likeness (QED) is 0.844. The van der Waals surface area contributed by atoms with Crippen LogP contribution in [0.3, 0.4) is 0 Å². The molecule has 1 aromatic carbocycles. The van der Waals surface area contributed by atoms with Gasteiger partial charge in [-0.2, -0.15) is 0 Å². The van der Waals surface area contributed by atoms with Crippen LogP contribution >= 0.6 is 0 Å². The largest absolute Gasteiger partial charge is 0.348 e. The fraction of sp³-hybridized carbons (Fsp3) is 0.312. The lowest BCUT2D eigenvalue weighted by molar-refractivity contribution is -0.139. The fourth-order valence-corrected chi connectivity index (χ4v) is 2.66. The number of ether oxygens (including phenoxy) is 1. The van der Waals surface area contributed by atoms with Gasteiger partial charge in [-0.05, 0) is 18.4 Å². The van der Waals surface area contributed by atoms with Gasteiger partial charge in [-0.15, -0.1) is 0 Å². The number of Topliss-reactive ketones (excluding diaryl/α,β-unsaturated/α-hetero) is 1. The van der Waals surface area contributed by atoms with Crippen LogP contribution in [0, 0.1) is 0 Å². The number of benzene rings is 1. The standard InChI is InChI=1S/C16H17NO2/c17-16(19-11-12-6-2-1-3-7-12)10-13-8-4-5-9-14(13)15(16)18/h1-3,5-7,9H,4,8,10-11,17H2. The highest BCUT2D eigenvalue weighted by atomic mass is 16.5. The first-order chi connectivity index (χ1) is 9.19. The van der Waals surface area contributed by atoms with E-state index in [0.717, 1.165) is 29.6 Å². The number of rotatable bonds is 3. The van der Waals surface area contributed by atoms with Gasteiger partial charge in [0.2, 0.25) is 5.78 Å². The van der Waals surface area contributed by atoms with Crippen LogP contribution in [0.2, 0.25) is 0 Å². The molecule has 0 aliphatic heterocycles. The molecular formula is C16H17NO2. The van der Waals surface area contributed by atoms with Crippen molar-refractivity contribution in [1.82, 2.24) is 0 Å². The van der Waals surface area contributed by atoms with Gasteiger partial charge in [-0.25, -0.2) is 0 Å². The van der Waals surface area contributed by atoms with E-state index in [2.05, 4.69) is 0 Å². The highest BCUT2D eigenvalue weighted by molar-refractivity contribution is 6.07. The Labute approximate surface area is 112 Å². The Bertz CT molecular complexity index is 559. The molecule has 0 radical (unpaired) electrons. The highest BCUT2D eigenvalue weighted by Gasteiger charge is 2.44. The topological polar surface area (TPSA) is 52.3 Å². The molecule has 98 valence electrons. The van der Waals surface area contributed by atoms with Crippen LogP contribution in [-0.4, -0.2) is 11.5 Å². The minimum Gasteiger partial charge on any atom is -0.348 e. The maximum absolute atomic E-state index is 12.3. The van der Waals surface area contributed by atoms with Gasteiger partial charge in [0.05, 0.1) is 6.61 Å². The van der Waals surface area contributed by atoms with E-state index in [-0.39, 0.29) is 5.78 Å². The van der Waals surface area contributed by atoms with Crippen LogP contribution < -0.4 is 5.73 Å². The molecule has 0 saturated carbocycles. The third-order valence-electron chi connectivity index (χ3n) is 3.72. The van der Waals surface area contributed by atoms with Gasteiger partial charge in [0.25, 0.3) is 0 Å². The molecule has 2 aliphatic rings. The second-order valence-corrected chi connectivity index (χ2v) is 5.13. The maximum atomic E-state index is 12.3. The summed E-state index contributed by atoms with van der Waals surface area (Å²) in [5.74, 6) is -0.0746. The van der Waals surface area contributed by atoms with Crippen molar-refractivity contribution in [2.24, 2.45) is 5.73 Å². The molecule has 1 atom stereocenters. The number of ketones is 1. The third kappa shape index (κ3) is 2.27. The Morgan fingerprint density at radius 3 is 2.79 bits per heavy atom. The summed E-state index contributed by atoms with van der Waals surface area (Å²) in [5.41, 5.74) is 7.93. The number of hydrogen-bond acceptors (Lipinski definition) is 3. The molecule has 0 bridgehead atoms. The monoisotopic (exact) mass is 255 g/mol. The molecule has 0 aromatic heterocycles. The van der Waals surface area contributed by atoms with Crippen molar-refractivity contribution >= 4 is 5.78 Å². The van der Waals surface area contributed by atoms with E-state index in [9.17, 15) is 4.79 Å². The second-order valence-electron chi connectivity index (χ2n) is 5.13. The lowest BCUT2D eigenvalue weighted by Gasteiger charge is -2.23. The SMILES string of the molecule is NC1(OCc2ccccc2)CC2=C(C=CCC2)C1=O. The van der Waals surface area contributed by atoms with Gasteiger partial charge < -0.3 is 4.74 Å². The summed E-state index contributed by atoms with van der Waals surface area (Å²) in [5, 5.41) is 0. The summed E-state index contributed by atoms with van der Waals surface area (Å²) >= 11 is 0. The first-order valence-electron chi connectivity index (χ1n) is 6.59. The van der Waals surface area contributed by atoms with Crippen molar-refractivity contribution in [2.45, 2.75) is 31.6 Å². The van der Waals surface area contributed by atoms with Crippen LogP contribution in [0.15, 0.2) is 53.6 Å². The van der Waals surface area contributed by atoms with Gasteiger partial charge >= 0.3 is 0 Å². The molecule has 0 amide bonds. The van der Waals surface area contributed by atoms with Crippen molar-refractivity contribution < 1.29 is 9.53 Å². The summed E-state index contributed by atoms with van der Waals surface area (Å²) in [7, 11) is 0. The average molecular weight is 255 g/mol. The zero-order chi connectivity index (χ0) is 13.3. The van der Waals surface area contributed by atoms with Crippen LogP contribution in [0.4, 0.5) is 0 Å². The van der Waals surface area contributed by atoms with E-state index in [4.69, 9.17) is 10.5 Å². The fourth-order valence-electron chi connectivity index (χ4n) is 2.66. The summed E-state index contributed by atoms with van der Waals surface area (Å²) in [6.07, 6.45) is 6.35. The van der Waals surface area contributed by atoms with E-state index in [1.54, 1.807) is 0 Å². The van der Waals surface area contributed by atoms with Crippen LogP contribution in [0.1, 0.15) is 24.8 Å². The van der Waals surface area contributed by atoms with Gasteiger partial charge in [-0.1, -0.05) is 48.1 Å².